The zero-order chi connectivity index (χ0) is 24.5. The van der Waals surface area contributed by atoms with Gasteiger partial charge in [-0.2, -0.15) is 0 Å². The molecular formula is C28H32N2O5. The van der Waals surface area contributed by atoms with E-state index in [1.165, 1.54) is 0 Å². The number of hydrogen-bond donors (Lipinski definition) is 2. The highest BCUT2D eigenvalue weighted by molar-refractivity contribution is 5.86. The predicted octanol–water partition coefficient (Wildman–Crippen LogP) is 4.26. The molecule has 35 heavy (non-hydrogen) atoms. The van der Waals surface area contributed by atoms with Crippen LogP contribution in [0.3, 0.4) is 0 Å². The summed E-state index contributed by atoms with van der Waals surface area (Å²) in [6, 6.07) is 15.7. The lowest BCUT2D eigenvalue weighted by Crippen LogP contribution is -2.50. The Labute approximate surface area is 205 Å². The monoisotopic (exact) mass is 476 g/mol. The molecule has 2 aliphatic carbocycles. The van der Waals surface area contributed by atoms with Crippen LogP contribution < -0.4 is 5.32 Å². The van der Waals surface area contributed by atoms with Crippen LogP contribution >= 0.6 is 0 Å². The zero-order valence-corrected chi connectivity index (χ0v) is 20.0. The van der Waals surface area contributed by atoms with Crippen LogP contribution in [0.25, 0.3) is 11.1 Å². The average Bonchev–Trinajstić information content (AvgIpc) is 3.52. The number of carbonyl (C=O) groups excluding carboxylic acids is 2. The van der Waals surface area contributed by atoms with Crippen molar-refractivity contribution in [1.29, 1.82) is 0 Å². The minimum atomic E-state index is -0.770. The Hall–Kier alpha value is -3.35. The second kappa shape index (κ2) is 9.72. The van der Waals surface area contributed by atoms with Gasteiger partial charge in [-0.1, -0.05) is 68.3 Å². The fraction of sp³-hybridized carbons (Fsp3) is 0.464. The van der Waals surface area contributed by atoms with Crippen molar-refractivity contribution in [2.75, 3.05) is 19.7 Å². The number of fused-ring (bicyclic) bond motifs is 4. The Kier molecular flexibility index (Phi) is 6.50. The summed E-state index contributed by atoms with van der Waals surface area (Å²) >= 11 is 0. The van der Waals surface area contributed by atoms with Gasteiger partial charge in [-0.15, -0.1) is 0 Å². The van der Waals surface area contributed by atoms with Gasteiger partial charge < -0.3 is 20.1 Å². The number of alkyl carbamates (subject to hydrolysis) is 1. The molecule has 0 aromatic heterocycles. The van der Waals surface area contributed by atoms with Crippen molar-refractivity contribution >= 4 is 18.0 Å². The lowest BCUT2D eigenvalue weighted by Gasteiger charge is -2.30. The van der Waals surface area contributed by atoms with Crippen LogP contribution in [0, 0.1) is 17.8 Å². The van der Waals surface area contributed by atoms with Gasteiger partial charge in [-0.05, 0) is 46.9 Å². The quantitative estimate of drug-likeness (QED) is 0.593. The molecule has 0 spiro atoms. The van der Waals surface area contributed by atoms with E-state index < -0.39 is 18.1 Å². The standard InChI is InChI=1S/C28H32N2O5/c1-2-3-12-24(26(31)30-14-13-21-22(15-30)25(21)27(32)33)29-28(34)35-16-23-19-10-6-4-8-17(19)18-9-5-7-11-20(18)23/h4-11,21-25H,2-3,12-16H2,1H3,(H,29,34)(H,32,33)/t21-,22+,24-,25?/m0/s1. The summed E-state index contributed by atoms with van der Waals surface area (Å²) in [5.74, 6) is -1.07. The van der Waals surface area contributed by atoms with Crippen molar-refractivity contribution in [3.63, 3.8) is 0 Å². The maximum Gasteiger partial charge on any atom is 0.407 e. The van der Waals surface area contributed by atoms with Gasteiger partial charge in [0.2, 0.25) is 5.91 Å². The summed E-state index contributed by atoms with van der Waals surface area (Å²) in [4.78, 5) is 39.2. The Morgan fingerprint density at radius 1 is 1.06 bits per heavy atom. The summed E-state index contributed by atoms with van der Waals surface area (Å²) in [5, 5.41) is 12.2. The summed E-state index contributed by atoms with van der Waals surface area (Å²) < 4.78 is 5.67. The van der Waals surface area contributed by atoms with E-state index >= 15 is 0 Å². The molecule has 1 unspecified atom stereocenters. The molecule has 5 rings (SSSR count). The van der Waals surface area contributed by atoms with E-state index in [1.807, 2.05) is 31.2 Å². The van der Waals surface area contributed by atoms with Gasteiger partial charge in [0.1, 0.15) is 12.6 Å². The Morgan fingerprint density at radius 3 is 2.34 bits per heavy atom. The van der Waals surface area contributed by atoms with Crippen LogP contribution in [0.5, 0.6) is 0 Å². The van der Waals surface area contributed by atoms with Crippen LogP contribution in [-0.4, -0.2) is 53.7 Å². The van der Waals surface area contributed by atoms with E-state index in [2.05, 4.69) is 29.6 Å². The van der Waals surface area contributed by atoms with E-state index in [-0.39, 0.29) is 36.2 Å². The number of hydrogen-bond acceptors (Lipinski definition) is 4. The fourth-order valence-electron chi connectivity index (χ4n) is 5.97. The number of likely N-dealkylation sites (tertiary alicyclic amines) is 1. The number of carboxylic acids is 1. The molecule has 1 saturated carbocycles. The lowest BCUT2D eigenvalue weighted by molar-refractivity contribution is -0.139. The van der Waals surface area contributed by atoms with Crippen molar-refractivity contribution in [2.45, 2.75) is 44.6 Å². The number of aliphatic carboxylic acids is 1. The maximum atomic E-state index is 13.3. The van der Waals surface area contributed by atoms with E-state index in [0.29, 0.717) is 25.9 Å². The molecule has 1 aliphatic heterocycles. The zero-order valence-electron chi connectivity index (χ0n) is 20.0. The molecule has 3 aliphatic rings. The number of rotatable bonds is 8. The molecule has 0 bridgehead atoms. The van der Waals surface area contributed by atoms with Crippen molar-refractivity contribution in [3.05, 3.63) is 59.7 Å². The van der Waals surface area contributed by atoms with Gasteiger partial charge in [0.25, 0.3) is 0 Å². The molecule has 1 saturated heterocycles. The van der Waals surface area contributed by atoms with E-state index in [9.17, 15) is 19.5 Å². The van der Waals surface area contributed by atoms with Crippen LogP contribution in [0.4, 0.5) is 4.79 Å². The average molecular weight is 477 g/mol. The highest BCUT2D eigenvalue weighted by Gasteiger charge is 2.57. The number of amides is 2. The maximum absolute atomic E-state index is 13.3. The number of benzene rings is 2. The van der Waals surface area contributed by atoms with Crippen LogP contribution in [0.15, 0.2) is 48.5 Å². The molecular weight excluding hydrogens is 444 g/mol. The van der Waals surface area contributed by atoms with Gasteiger partial charge in [-0.25, -0.2) is 4.79 Å². The van der Waals surface area contributed by atoms with Crippen molar-refractivity contribution < 1.29 is 24.2 Å². The van der Waals surface area contributed by atoms with E-state index in [0.717, 1.165) is 35.1 Å². The number of carbonyl (C=O) groups is 3. The highest BCUT2D eigenvalue weighted by Crippen LogP contribution is 2.51. The van der Waals surface area contributed by atoms with Crippen LogP contribution in [0.2, 0.25) is 0 Å². The lowest BCUT2D eigenvalue weighted by atomic mass is 9.98. The van der Waals surface area contributed by atoms with Crippen LogP contribution in [-0.2, 0) is 14.3 Å². The van der Waals surface area contributed by atoms with E-state index in [4.69, 9.17) is 4.74 Å². The van der Waals surface area contributed by atoms with Gasteiger partial charge in [0.05, 0.1) is 5.92 Å². The second-order valence-corrected chi connectivity index (χ2v) is 9.93. The van der Waals surface area contributed by atoms with Crippen molar-refractivity contribution in [1.82, 2.24) is 10.2 Å². The molecule has 0 radical (unpaired) electrons. The van der Waals surface area contributed by atoms with E-state index in [1.54, 1.807) is 4.90 Å². The number of unbranched alkanes of at least 4 members (excludes halogenated alkanes) is 1. The number of nitrogens with one attached hydrogen (secondary N) is 1. The highest BCUT2D eigenvalue weighted by atomic mass is 16.5. The number of piperidine rings is 1. The number of nitrogens with zero attached hydrogens (tertiary/aromatic N) is 1. The molecule has 4 atom stereocenters. The van der Waals surface area contributed by atoms with Gasteiger partial charge in [0.15, 0.2) is 0 Å². The molecule has 2 fully saturated rings. The molecule has 7 heteroatoms. The largest absolute Gasteiger partial charge is 0.481 e. The summed E-state index contributed by atoms with van der Waals surface area (Å²) in [6.45, 7) is 3.23. The summed E-state index contributed by atoms with van der Waals surface area (Å²) in [7, 11) is 0. The topological polar surface area (TPSA) is 95.9 Å². The minimum absolute atomic E-state index is 0.0338. The molecule has 2 aromatic rings. The SMILES string of the molecule is CCCC[C@H](NC(=O)OCC1c2ccccc2-c2ccccc21)C(=O)N1CC[C@@H]2C(C(=O)O)[C@@H]2C1. The third-order valence-corrected chi connectivity index (χ3v) is 7.87. The van der Waals surface area contributed by atoms with Crippen LogP contribution in [0.1, 0.15) is 49.7 Å². The Balaban J connectivity index is 1.22. The van der Waals surface area contributed by atoms with Gasteiger partial charge >= 0.3 is 12.1 Å². The summed E-state index contributed by atoms with van der Waals surface area (Å²) in [6.07, 6.45) is 2.36. The molecule has 2 N–H and O–H groups in total. The fourth-order valence-corrected chi connectivity index (χ4v) is 5.97. The smallest absolute Gasteiger partial charge is 0.407 e. The Bertz CT molecular complexity index is 1090. The molecule has 2 amide bonds. The second-order valence-electron chi connectivity index (χ2n) is 9.93. The first-order valence-corrected chi connectivity index (χ1v) is 12.6. The van der Waals surface area contributed by atoms with Crippen molar-refractivity contribution in [3.8, 4) is 11.1 Å². The first-order valence-electron chi connectivity index (χ1n) is 12.6. The third-order valence-electron chi connectivity index (χ3n) is 7.87. The van der Waals surface area contributed by atoms with Crippen molar-refractivity contribution in [2.24, 2.45) is 17.8 Å². The van der Waals surface area contributed by atoms with Gasteiger partial charge in [-0.3, -0.25) is 9.59 Å². The molecule has 1 heterocycles. The third kappa shape index (κ3) is 4.51. The first-order chi connectivity index (χ1) is 17.0. The number of carboxylic acid groups (broad SMARTS) is 1. The normalized spacial score (nSPS) is 23.0. The molecule has 184 valence electrons. The number of ether oxygens (including phenoxy) is 1. The first kappa shape index (κ1) is 23.4. The predicted molar refractivity (Wildman–Crippen MR) is 131 cm³/mol. The summed E-state index contributed by atoms with van der Waals surface area (Å²) in [5.41, 5.74) is 4.60. The molecule has 7 nitrogen and oxygen atoms in total. The Morgan fingerprint density at radius 2 is 1.71 bits per heavy atom. The van der Waals surface area contributed by atoms with Gasteiger partial charge in [0, 0.05) is 19.0 Å². The molecule has 2 aromatic carbocycles. The minimum Gasteiger partial charge on any atom is -0.481 e.